The van der Waals surface area contributed by atoms with Crippen molar-refractivity contribution in [1.82, 2.24) is 15.2 Å². The second-order valence-electron chi connectivity index (χ2n) is 7.30. The predicted molar refractivity (Wildman–Crippen MR) is 116 cm³/mol. The Morgan fingerprint density at radius 3 is 2.68 bits per heavy atom. The van der Waals surface area contributed by atoms with Crippen LogP contribution in [0.3, 0.4) is 0 Å². The first kappa shape index (κ1) is 19.3. The highest BCUT2D eigenvalue weighted by Gasteiger charge is 2.20. The first-order chi connectivity index (χ1) is 13.8. The van der Waals surface area contributed by atoms with Gasteiger partial charge in [-0.2, -0.15) is 0 Å². The zero-order valence-electron chi connectivity index (χ0n) is 15.8. The summed E-state index contributed by atoms with van der Waals surface area (Å²) in [6, 6.07) is 14.6. The van der Waals surface area contributed by atoms with Crippen LogP contribution in [0.15, 0.2) is 53.2 Å². The highest BCUT2D eigenvalue weighted by Crippen LogP contribution is 2.20. The van der Waals surface area contributed by atoms with E-state index in [1.54, 1.807) is 11.3 Å². The van der Waals surface area contributed by atoms with E-state index in [9.17, 15) is 4.79 Å². The third kappa shape index (κ3) is 5.28. The molecule has 0 aliphatic carbocycles. The van der Waals surface area contributed by atoms with E-state index in [0.29, 0.717) is 11.6 Å². The topological polar surface area (TPSA) is 45.2 Å². The van der Waals surface area contributed by atoms with Crippen LogP contribution in [0.25, 0.3) is 0 Å². The number of aromatic nitrogens is 1. The van der Waals surface area contributed by atoms with E-state index in [1.807, 2.05) is 34.9 Å². The number of likely N-dealkylation sites (tertiary alicyclic amines) is 1. The maximum absolute atomic E-state index is 12.5. The number of nitrogens with one attached hydrogen (secondary N) is 1. The van der Waals surface area contributed by atoms with Crippen molar-refractivity contribution in [2.24, 2.45) is 5.92 Å². The van der Waals surface area contributed by atoms with Gasteiger partial charge in [0.15, 0.2) is 0 Å². The Kier molecular flexibility index (Phi) is 6.52. The number of thiazole rings is 1. The molecule has 1 aliphatic rings. The summed E-state index contributed by atoms with van der Waals surface area (Å²) in [7, 11) is 0. The van der Waals surface area contributed by atoms with E-state index in [4.69, 9.17) is 0 Å². The first-order valence-electron chi connectivity index (χ1n) is 9.77. The van der Waals surface area contributed by atoms with Crippen molar-refractivity contribution in [2.75, 3.05) is 19.6 Å². The van der Waals surface area contributed by atoms with Gasteiger partial charge in [0.2, 0.25) is 0 Å². The molecule has 0 bridgehead atoms. The van der Waals surface area contributed by atoms with Gasteiger partial charge >= 0.3 is 0 Å². The van der Waals surface area contributed by atoms with Crippen molar-refractivity contribution < 1.29 is 4.79 Å². The molecule has 6 heteroatoms. The van der Waals surface area contributed by atoms with Crippen LogP contribution in [-0.2, 0) is 13.0 Å². The number of thiophene rings is 1. The maximum Gasteiger partial charge on any atom is 0.270 e. The van der Waals surface area contributed by atoms with Crippen LogP contribution < -0.4 is 5.32 Å². The Morgan fingerprint density at radius 2 is 1.93 bits per heavy atom. The second kappa shape index (κ2) is 9.45. The standard InChI is InChI=1S/C22H25N3OS2/c26-22(20-16-28-21(24-20)13-17-5-2-1-3-6-17)23-14-18-8-10-25(11-9-18)15-19-7-4-12-27-19/h1-7,12,16,18H,8-11,13-15H2,(H,23,26). The summed E-state index contributed by atoms with van der Waals surface area (Å²) in [6.45, 7) is 4.02. The molecule has 0 unspecified atom stereocenters. The van der Waals surface area contributed by atoms with E-state index in [-0.39, 0.29) is 5.91 Å². The summed E-state index contributed by atoms with van der Waals surface area (Å²) in [5.41, 5.74) is 1.77. The number of benzene rings is 1. The molecule has 2 aromatic heterocycles. The van der Waals surface area contributed by atoms with Crippen molar-refractivity contribution >= 4 is 28.6 Å². The van der Waals surface area contributed by atoms with Crippen LogP contribution in [0.1, 0.15) is 38.8 Å². The van der Waals surface area contributed by atoms with Crippen LogP contribution in [0, 0.1) is 5.92 Å². The average molecular weight is 412 g/mol. The fourth-order valence-corrected chi connectivity index (χ4v) is 5.12. The molecule has 3 heterocycles. The molecule has 1 amide bonds. The molecule has 1 aliphatic heterocycles. The van der Waals surface area contributed by atoms with E-state index in [2.05, 4.69) is 44.8 Å². The number of amides is 1. The minimum absolute atomic E-state index is 0.0448. The number of carbonyl (C=O) groups is 1. The summed E-state index contributed by atoms with van der Waals surface area (Å²) in [5, 5.41) is 8.09. The van der Waals surface area contributed by atoms with E-state index in [1.165, 1.54) is 10.4 Å². The molecule has 4 nitrogen and oxygen atoms in total. The van der Waals surface area contributed by atoms with Crippen molar-refractivity contribution in [1.29, 1.82) is 0 Å². The van der Waals surface area contributed by atoms with E-state index in [0.717, 1.165) is 50.4 Å². The third-order valence-corrected chi connectivity index (χ3v) is 6.91. The normalized spacial score (nSPS) is 15.6. The van der Waals surface area contributed by atoms with Crippen molar-refractivity contribution in [3.05, 3.63) is 74.4 Å². The Morgan fingerprint density at radius 1 is 1.11 bits per heavy atom. The molecule has 1 saturated heterocycles. The van der Waals surface area contributed by atoms with Gasteiger partial charge in [-0.3, -0.25) is 9.69 Å². The van der Waals surface area contributed by atoms with E-state index >= 15 is 0 Å². The fourth-order valence-electron chi connectivity index (χ4n) is 3.57. The summed E-state index contributed by atoms with van der Waals surface area (Å²) in [5.74, 6) is 0.516. The lowest BCUT2D eigenvalue weighted by Gasteiger charge is -2.31. The molecule has 1 fully saturated rings. The SMILES string of the molecule is O=C(NCC1CCN(Cc2cccs2)CC1)c1csc(Cc2ccccc2)n1. The summed E-state index contributed by atoms with van der Waals surface area (Å²) >= 11 is 3.39. The number of nitrogens with zero attached hydrogens (tertiary/aromatic N) is 2. The molecule has 4 rings (SSSR count). The summed E-state index contributed by atoms with van der Waals surface area (Å²) in [4.78, 5) is 20.9. The molecular weight excluding hydrogens is 386 g/mol. The largest absolute Gasteiger partial charge is 0.350 e. The zero-order valence-corrected chi connectivity index (χ0v) is 17.5. The van der Waals surface area contributed by atoms with Crippen molar-refractivity contribution in [2.45, 2.75) is 25.8 Å². The number of hydrogen-bond donors (Lipinski definition) is 1. The van der Waals surface area contributed by atoms with Crippen LogP contribution in [-0.4, -0.2) is 35.4 Å². The third-order valence-electron chi connectivity index (χ3n) is 5.20. The number of carbonyl (C=O) groups excluding carboxylic acids is 1. The van der Waals surface area contributed by atoms with Gasteiger partial charge in [-0.25, -0.2) is 4.98 Å². The minimum Gasteiger partial charge on any atom is -0.350 e. The smallest absolute Gasteiger partial charge is 0.270 e. The molecular formula is C22H25N3OS2. The van der Waals surface area contributed by atoms with Gasteiger partial charge in [-0.05, 0) is 48.9 Å². The fraction of sp³-hybridized carbons (Fsp3) is 0.364. The van der Waals surface area contributed by atoms with Gasteiger partial charge in [0.05, 0.1) is 5.01 Å². The minimum atomic E-state index is -0.0448. The molecule has 0 saturated carbocycles. The number of piperidine rings is 1. The van der Waals surface area contributed by atoms with Gasteiger partial charge in [0.1, 0.15) is 5.69 Å². The second-order valence-corrected chi connectivity index (χ2v) is 9.27. The highest BCUT2D eigenvalue weighted by atomic mass is 32.1. The van der Waals surface area contributed by atoms with Crippen LogP contribution >= 0.6 is 22.7 Å². The number of rotatable bonds is 7. The van der Waals surface area contributed by atoms with Crippen LogP contribution in [0.2, 0.25) is 0 Å². The highest BCUT2D eigenvalue weighted by molar-refractivity contribution is 7.10. The molecule has 28 heavy (non-hydrogen) atoms. The van der Waals surface area contributed by atoms with Gasteiger partial charge < -0.3 is 5.32 Å². The van der Waals surface area contributed by atoms with Gasteiger partial charge in [0, 0.05) is 29.8 Å². The molecule has 3 aromatic rings. The van der Waals surface area contributed by atoms with Crippen molar-refractivity contribution in [3.63, 3.8) is 0 Å². The Bertz CT molecular complexity index is 868. The molecule has 1 N–H and O–H groups in total. The van der Waals surface area contributed by atoms with Crippen molar-refractivity contribution in [3.8, 4) is 0 Å². The monoisotopic (exact) mass is 411 g/mol. The molecule has 0 radical (unpaired) electrons. The Balaban J connectivity index is 1.21. The molecule has 146 valence electrons. The lowest BCUT2D eigenvalue weighted by Crippen LogP contribution is -2.38. The van der Waals surface area contributed by atoms with Crippen LogP contribution in [0.4, 0.5) is 0 Å². The summed E-state index contributed by atoms with van der Waals surface area (Å²) < 4.78 is 0. The lowest BCUT2D eigenvalue weighted by molar-refractivity contribution is 0.0931. The van der Waals surface area contributed by atoms with E-state index < -0.39 is 0 Å². The Hall–Kier alpha value is -2.02. The number of hydrogen-bond acceptors (Lipinski definition) is 5. The quantitative estimate of drug-likeness (QED) is 0.625. The van der Waals surface area contributed by atoms with Gasteiger partial charge in [0.25, 0.3) is 5.91 Å². The molecule has 0 atom stereocenters. The van der Waals surface area contributed by atoms with Gasteiger partial charge in [-0.15, -0.1) is 22.7 Å². The average Bonchev–Trinajstić information content (AvgIpc) is 3.40. The lowest BCUT2D eigenvalue weighted by atomic mass is 9.96. The first-order valence-corrected chi connectivity index (χ1v) is 11.5. The molecule has 1 aromatic carbocycles. The van der Waals surface area contributed by atoms with Gasteiger partial charge in [-0.1, -0.05) is 36.4 Å². The Labute approximate surface area is 174 Å². The maximum atomic E-state index is 12.5. The zero-order chi connectivity index (χ0) is 19.2. The predicted octanol–water partition coefficient (Wildman–Crippen LogP) is 4.44. The molecule has 0 spiro atoms. The van der Waals surface area contributed by atoms with Crippen LogP contribution in [0.5, 0.6) is 0 Å². The summed E-state index contributed by atoms with van der Waals surface area (Å²) in [6.07, 6.45) is 3.06.